The zero-order valence-corrected chi connectivity index (χ0v) is 58.4. The molecule has 0 fully saturated rings. The predicted molar refractivity (Wildman–Crippen MR) is 450 cm³/mol. The summed E-state index contributed by atoms with van der Waals surface area (Å²) in [5.41, 5.74) is 17.6. The van der Waals surface area contributed by atoms with Crippen LogP contribution in [-0.2, 0) is 0 Å². The lowest BCUT2D eigenvalue weighted by molar-refractivity contribution is 0.426. The second-order valence-electron chi connectivity index (χ2n) is 26.8. The van der Waals surface area contributed by atoms with Crippen LogP contribution in [0.5, 0.6) is 0 Å². The first kappa shape index (κ1) is 63.6. The smallest absolute Gasteiger partial charge is 0.423 e. The van der Waals surface area contributed by atoms with Gasteiger partial charge in [0, 0.05) is 4.47 Å². The first-order valence-electron chi connectivity index (χ1n) is 35.4. The van der Waals surface area contributed by atoms with Gasteiger partial charge in [0.25, 0.3) is 0 Å². The number of hydrogen-bond donors (Lipinski definition) is 2. The molecule has 2 N–H and O–H groups in total. The second-order valence-corrected chi connectivity index (χ2v) is 27.7. The number of benzene rings is 20. The standard InChI is InChI=1S/C50H32.C30H21BO2.C20H13Br/c1-3-20-39-33(13-1)15-11-26-41(39)35-16-9-18-37(31-35)49-45-22-5-7-24-47(45)50(48-25-8-6-23-46(48)49)38-19-10-17-36(32-38)42-27-12-28-43-40-21-4-2-14-34(40)29-30-44(42)43;32-31(33)30-27-16-5-3-14-25(27)29(26-15-4-6-17-28(26)30)22-12-7-11-21(19-22)24-18-8-10-20-9-1-2-13-23(20)24;21-16-7-3-6-15(13-16)18-9-4-10-19-17-8-2-1-5-14(17)11-12-20(18)19/h1-32H;1-19,32-33H;1-13H. The minimum atomic E-state index is -1.55. The van der Waals surface area contributed by atoms with Gasteiger partial charge in [-0.1, -0.05) is 374 Å². The third-order valence-corrected chi connectivity index (χ3v) is 21.3. The van der Waals surface area contributed by atoms with Crippen molar-refractivity contribution in [2.75, 3.05) is 0 Å². The van der Waals surface area contributed by atoms with Crippen molar-refractivity contribution in [2.24, 2.45) is 0 Å². The van der Waals surface area contributed by atoms with Gasteiger partial charge in [0.1, 0.15) is 0 Å². The number of hydrogen-bond acceptors (Lipinski definition) is 2. The summed E-state index contributed by atoms with van der Waals surface area (Å²) in [6.07, 6.45) is 0. The van der Waals surface area contributed by atoms with Crippen molar-refractivity contribution in [1.29, 1.82) is 0 Å². The van der Waals surface area contributed by atoms with Crippen LogP contribution in [0.4, 0.5) is 0 Å². The summed E-state index contributed by atoms with van der Waals surface area (Å²) in [4.78, 5) is 0. The fourth-order valence-corrected chi connectivity index (χ4v) is 16.6. The maximum absolute atomic E-state index is 10.2. The topological polar surface area (TPSA) is 40.5 Å². The molecular formula is C100H66BBrO2. The van der Waals surface area contributed by atoms with Crippen LogP contribution in [0, 0.1) is 0 Å². The summed E-state index contributed by atoms with van der Waals surface area (Å²) in [5.74, 6) is 0. The maximum atomic E-state index is 10.2. The van der Waals surface area contributed by atoms with Crippen LogP contribution in [0.1, 0.15) is 0 Å². The van der Waals surface area contributed by atoms with Crippen molar-refractivity contribution in [3.8, 4) is 77.9 Å². The second kappa shape index (κ2) is 27.4. The molecule has 0 aliphatic rings. The number of halogens is 1. The number of rotatable bonds is 8. The first-order chi connectivity index (χ1) is 51.4. The van der Waals surface area contributed by atoms with Crippen LogP contribution in [0.25, 0.3) is 186 Å². The van der Waals surface area contributed by atoms with E-state index in [9.17, 15) is 10.0 Å². The third-order valence-electron chi connectivity index (χ3n) is 20.8. The summed E-state index contributed by atoms with van der Waals surface area (Å²) in [6.45, 7) is 0. The predicted octanol–water partition coefficient (Wildman–Crippen LogP) is 26.7. The van der Waals surface area contributed by atoms with E-state index < -0.39 is 7.12 Å². The molecule has 0 atom stereocenters. The third kappa shape index (κ3) is 11.6. The van der Waals surface area contributed by atoms with Crippen LogP contribution in [0.2, 0.25) is 0 Å². The van der Waals surface area contributed by atoms with Gasteiger partial charge in [0.2, 0.25) is 0 Å². The lowest BCUT2D eigenvalue weighted by Gasteiger charge is -2.19. The largest absolute Gasteiger partial charge is 0.489 e. The number of fused-ring (bicyclic) bond motifs is 12. The average Bonchev–Trinajstić information content (AvgIpc) is 0.737. The summed E-state index contributed by atoms with van der Waals surface area (Å²) in [7, 11) is -1.55. The van der Waals surface area contributed by atoms with Crippen LogP contribution in [0.3, 0.4) is 0 Å². The van der Waals surface area contributed by atoms with E-state index in [4.69, 9.17) is 0 Å². The molecule has 0 amide bonds. The molecule has 0 aromatic heterocycles. The van der Waals surface area contributed by atoms with Gasteiger partial charge in [0.05, 0.1) is 0 Å². The van der Waals surface area contributed by atoms with Crippen molar-refractivity contribution in [3.63, 3.8) is 0 Å². The molecule has 20 aromatic rings. The van der Waals surface area contributed by atoms with E-state index in [1.165, 1.54) is 147 Å². The summed E-state index contributed by atoms with van der Waals surface area (Å²) < 4.78 is 1.11. The molecule has 2 nitrogen and oxygen atoms in total. The Kier molecular flexibility index (Phi) is 16.8. The van der Waals surface area contributed by atoms with Gasteiger partial charge in [-0.3, -0.25) is 0 Å². The Morgan fingerprint density at radius 2 is 0.413 bits per heavy atom. The molecular weight excluding hydrogens is 1320 g/mol. The van der Waals surface area contributed by atoms with Gasteiger partial charge in [-0.05, 0) is 221 Å². The average molecular weight is 1390 g/mol. The van der Waals surface area contributed by atoms with Crippen molar-refractivity contribution in [2.45, 2.75) is 0 Å². The van der Waals surface area contributed by atoms with E-state index in [0.29, 0.717) is 5.46 Å². The van der Waals surface area contributed by atoms with E-state index in [2.05, 4.69) is 368 Å². The normalized spacial score (nSPS) is 11.4. The molecule has 0 unspecified atom stereocenters. The van der Waals surface area contributed by atoms with Crippen LogP contribution < -0.4 is 5.46 Å². The molecule has 0 aliphatic heterocycles. The Balaban J connectivity index is 0.000000122. The summed E-state index contributed by atoms with van der Waals surface area (Å²) >= 11 is 3.56. The molecule has 0 aliphatic carbocycles. The molecule has 0 bridgehead atoms. The van der Waals surface area contributed by atoms with E-state index in [1.54, 1.807) is 0 Å². The molecule has 0 saturated carbocycles. The Morgan fingerprint density at radius 3 is 0.769 bits per heavy atom. The fraction of sp³-hybridized carbons (Fsp3) is 0. The van der Waals surface area contributed by atoms with Gasteiger partial charge >= 0.3 is 7.12 Å². The molecule has 0 radical (unpaired) electrons. The van der Waals surface area contributed by atoms with Crippen LogP contribution in [0.15, 0.2) is 393 Å². The van der Waals surface area contributed by atoms with Gasteiger partial charge in [-0.15, -0.1) is 0 Å². The molecule has 20 rings (SSSR count). The fourth-order valence-electron chi connectivity index (χ4n) is 16.2. The zero-order chi connectivity index (χ0) is 69.6. The van der Waals surface area contributed by atoms with Crippen LogP contribution >= 0.6 is 15.9 Å². The highest BCUT2D eigenvalue weighted by atomic mass is 79.9. The Hall–Kier alpha value is -12.5. The van der Waals surface area contributed by atoms with E-state index in [0.717, 1.165) is 42.7 Å². The van der Waals surface area contributed by atoms with Crippen molar-refractivity contribution < 1.29 is 10.0 Å². The van der Waals surface area contributed by atoms with Gasteiger partial charge in [0.15, 0.2) is 0 Å². The Bertz CT molecular complexity index is 6630. The SMILES string of the molecule is Brc1cccc(-c2cccc3c2ccc2ccccc23)c1.OB(O)c1c2ccccc2c(-c2cccc(-c3cccc4ccccc34)c2)c2ccccc12.c1cc(-c2cccc3ccccc23)cc(-c2c3ccccc3c(-c3cccc(-c4cccc5c4ccc4ccccc45)c3)c3ccccc23)c1. The van der Waals surface area contributed by atoms with Crippen molar-refractivity contribution >= 4 is 136 Å². The van der Waals surface area contributed by atoms with E-state index in [-0.39, 0.29) is 0 Å². The minimum absolute atomic E-state index is 0.551. The molecule has 0 spiro atoms. The lowest BCUT2D eigenvalue weighted by Crippen LogP contribution is -2.31. The molecule has 20 aromatic carbocycles. The highest BCUT2D eigenvalue weighted by molar-refractivity contribution is 9.10. The molecule has 0 heterocycles. The van der Waals surface area contributed by atoms with Crippen molar-refractivity contribution in [1.82, 2.24) is 0 Å². The van der Waals surface area contributed by atoms with Gasteiger partial charge < -0.3 is 10.0 Å². The molecule has 0 saturated heterocycles. The summed E-state index contributed by atoms with van der Waals surface area (Å²) in [6, 6.07) is 139. The highest BCUT2D eigenvalue weighted by Crippen LogP contribution is 2.47. The monoisotopic (exact) mass is 1390 g/mol. The molecule has 4 heteroatoms. The first-order valence-corrected chi connectivity index (χ1v) is 36.2. The molecule has 488 valence electrons. The maximum Gasteiger partial charge on any atom is 0.489 e. The van der Waals surface area contributed by atoms with E-state index in [1.807, 2.05) is 36.4 Å². The van der Waals surface area contributed by atoms with Crippen LogP contribution in [-0.4, -0.2) is 17.2 Å². The van der Waals surface area contributed by atoms with Gasteiger partial charge in [-0.25, -0.2) is 0 Å². The zero-order valence-electron chi connectivity index (χ0n) is 56.8. The Labute approximate surface area is 612 Å². The quantitative estimate of drug-likeness (QED) is 0.0904. The Morgan fingerprint density at radius 1 is 0.173 bits per heavy atom. The summed E-state index contributed by atoms with van der Waals surface area (Å²) in [5, 5.41) is 44.6. The molecule has 104 heavy (non-hydrogen) atoms. The lowest BCUT2D eigenvalue weighted by atomic mass is 9.72. The van der Waals surface area contributed by atoms with Crippen molar-refractivity contribution in [3.05, 3.63) is 393 Å². The van der Waals surface area contributed by atoms with E-state index >= 15 is 0 Å². The van der Waals surface area contributed by atoms with Gasteiger partial charge in [-0.2, -0.15) is 0 Å². The minimum Gasteiger partial charge on any atom is -0.423 e. The highest BCUT2D eigenvalue weighted by Gasteiger charge is 2.24.